The van der Waals surface area contributed by atoms with Crippen molar-refractivity contribution in [2.45, 2.75) is 31.7 Å². The number of unbranched alkanes of at least 4 members (excludes halogenated alkanes) is 1. The third-order valence-corrected chi connectivity index (χ3v) is 3.53. The Balaban J connectivity index is 1.76. The smallest absolute Gasteiger partial charge is 0.0431 e. The summed E-state index contributed by atoms with van der Waals surface area (Å²) in [7, 11) is 0. The predicted octanol–water partition coefficient (Wildman–Crippen LogP) is 2.34. The molecule has 0 amide bonds. The molecule has 1 aliphatic heterocycles. The molecule has 1 saturated heterocycles. The van der Waals surface area contributed by atoms with Crippen molar-refractivity contribution >= 4 is 5.69 Å². The molecule has 18 heavy (non-hydrogen) atoms. The van der Waals surface area contributed by atoms with E-state index in [0.717, 1.165) is 25.9 Å². The number of nitrogens with zero attached hydrogens (tertiary/aromatic N) is 1. The minimum Gasteiger partial charge on any atom is -0.396 e. The van der Waals surface area contributed by atoms with E-state index in [2.05, 4.69) is 34.5 Å². The summed E-state index contributed by atoms with van der Waals surface area (Å²) < 4.78 is 0. The molecular weight excluding hydrogens is 224 g/mol. The normalized spacial score (nSPS) is 20.8. The van der Waals surface area contributed by atoms with Crippen molar-refractivity contribution in [3.05, 3.63) is 30.3 Å². The van der Waals surface area contributed by atoms with E-state index >= 15 is 0 Å². The van der Waals surface area contributed by atoms with E-state index in [-0.39, 0.29) is 0 Å². The molecule has 0 aromatic heterocycles. The van der Waals surface area contributed by atoms with Crippen LogP contribution >= 0.6 is 0 Å². The maximum Gasteiger partial charge on any atom is 0.0431 e. The van der Waals surface area contributed by atoms with Crippen LogP contribution in [0.4, 0.5) is 5.69 Å². The molecule has 1 heterocycles. The largest absolute Gasteiger partial charge is 0.396 e. The minimum absolute atomic E-state index is 0.319. The fraction of sp³-hybridized carbons (Fsp3) is 0.600. The zero-order chi connectivity index (χ0) is 12.6. The van der Waals surface area contributed by atoms with Gasteiger partial charge in [-0.3, -0.25) is 0 Å². The molecule has 0 saturated carbocycles. The molecule has 2 N–H and O–H groups in total. The number of hydrogen-bond donors (Lipinski definition) is 2. The number of benzene rings is 1. The summed E-state index contributed by atoms with van der Waals surface area (Å²) in [5.74, 6) is 0. The zero-order valence-corrected chi connectivity index (χ0v) is 11.0. The van der Waals surface area contributed by atoms with E-state index < -0.39 is 0 Å². The number of aliphatic hydroxyl groups is 1. The first-order valence-corrected chi connectivity index (χ1v) is 7.03. The van der Waals surface area contributed by atoms with Gasteiger partial charge in [0.15, 0.2) is 0 Å². The van der Waals surface area contributed by atoms with Crippen molar-refractivity contribution in [3.8, 4) is 0 Å². The first-order valence-electron chi connectivity index (χ1n) is 7.03. The van der Waals surface area contributed by atoms with Crippen LogP contribution < -0.4 is 5.32 Å². The standard InChI is InChI=1S/C15H24N2O/c18-12-5-4-10-17-11-6-9-15(13-17)16-14-7-2-1-3-8-14/h1-3,7-8,15-16,18H,4-6,9-13H2. The SMILES string of the molecule is OCCCCN1CCCC(Nc2ccccc2)C1. The van der Waals surface area contributed by atoms with Crippen LogP contribution in [-0.4, -0.2) is 42.3 Å². The number of aliphatic hydroxyl groups excluding tert-OH is 1. The lowest BCUT2D eigenvalue weighted by Crippen LogP contribution is -2.42. The summed E-state index contributed by atoms with van der Waals surface area (Å²) in [5.41, 5.74) is 1.22. The molecule has 0 aliphatic carbocycles. The molecule has 3 heteroatoms. The second-order valence-electron chi connectivity index (χ2n) is 5.08. The number of nitrogens with one attached hydrogen (secondary N) is 1. The van der Waals surface area contributed by atoms with Gasteiger partial charge in [-0.25, -0.2) is 0 Å². The lowest BCUT2D eigenvalue weighted by molar-refractivity contribution is 0.202. The van der Waals surface area contributed by atoms with E-state index in [1.807, 2.05) is 6.07 Å². The quantitative estimate of drug-likeness (QED) is 0.759. The number of hydrogen-bond acceptors (Lipinski definition) is 3. The molecule has 100 valence electrons. The molecule has 1 fully saturated rings. The summed E-state index contributed by atoms with van der Waals surface area (Å²) in [5, 5.41) is 12.4. The molecule has 2 rings (SSSR count). The first kappa shape index (κ1) is 13.4. The summed E-state index contributed by atoms with van der Waals surface area (Å²) >= 11 is 0. The van der Waals surface area contributed by atoms with E-state index in [1.54, 1.807) is 0 Å². The average molecular weight is 248 g/mol. The van der Waals surface area contributed by atoms with Crippen LogP contribution in [0.3, 0.4) is 0 Å². The molecule has 1 aromatic rings. The predicted molar refractivity (Wildman–Crippen MR) is 75.8 cm³/mol. The number of anilines is 1. The maximum atomic E-state index is 8.81. The Bertz CT molecular complexity index is 329. The molecular formula is C15H24N2O. The lowest BCUT2D eigenvalue weighted by atomic mass is 10.0. The van der Waals surface area contributed by atoms with Crippen LogP contribution in [0.1, 0.15) is 25.7 Å². The molecule has 0 spiro atoms. The number of para-hydroxylation sites is 1. The van der Waals surface area contributed by atoms with E-state index in [9.17, 15) is 0 Å². The van der Waals surface area contributed by atoms with E-state index in [0.29, 0.717) is 12.6 Å². The van der Waals surface area contributed by atoms with Gasteiger partial charge in [-0.05, 0) is 50.9 Å². The van der Waals surface area contributed by atoms with Crippen molar-refractivity contribution in [3.63, 3.8) is 0 Å². The Hall–Kier alpha value is -1.06. The van der Waals surface area contributed by atoms with Crippen molar-refractivity contribution in [1.29, 1.82) is 0 Å². The van der Waals surface area contributed by atoms with Gasteiger partial charge in [0.05, 0.1) is 0 Å². The number of rotatable bonds is 6. The Morgan fingerprint density at radius 3 is 2.83 bits per heavy atom. The fourth-order valence-electron chi connectivity index (χ4n) is 2.59. The van der Waals surface area contributed by atoms with Gasteiger partial charge >= 0.3 is 0 Å². The molecule has 3 nitrogen and oxygen atoms in total. The highest BCUT2D eigenvalue weighted by atomic mass is 16.2. The Labute approximate surface area is 110 Å². The topological polar surface area (TPSA) is 35.5 Å². The monoisotopic (exact) mass is 248 g/mol. The van der Waals surface area contributed by atoms with Crippen LogP contribution in [0.5, 0.6) is 0 Å². The summed E-state index contributed by atoms with van der Waals surface area (Å²) in [4.78, 5) is 2.51. The highest BCUT2D eigenvalue weighted by molar-refractivity contribution is 5.43. The van der Waals surface area contributed by atoms with Gasteiger partial charge in [0.25, 0.3) is 0 Å². The van der Waals surface area contributed by atoms with Crippen LogP contribution in [-0.2, 0) is 0 Å². The van der Waals surface area contributed by atoms with Gasteiger partial charge in [-0.2, -0.15) is 0 Å². The van der Waals surface area contributed by atoms with Gasteiger partial charge in [0.1, 0.15) is 0 Å². The maximum absolute atomic E-state index is 8.81. The molecule has 1 atom stereocenters. The van der Waals surface area contributed by atoms with Gasteiger partial charge in [0, 0.05) is 24.9 Å². The lowest BCUT2D eigenvalue weighted by Gasteiger charge is -2.33. The van der Waals surface area contributed by atoms with Gasteiger partial charge in [0.2, 0.25) is 0 Å². The van der Waals surface area contributed by atoms with Crippen molar-refractivity contribution < 1.29 is 5.11 Å². The second kappa shape index (κ2) is 7.39. The van der Waals surface area contributed by atoms with Gasteiger partial charge in [-0.1, -0.05) is 18.2 Å². The zero-order valence-electron chi connectivity index (χ0n) is 11.0. The minimum atomic E-state index is 0.319. The third-order valence-electron chi connectivity index (χ3n) is 3.53. The van der Waals surface area contributed by atoms with Crippen LogP contribution in [0.2, 0.25) is 0 Å². The van der Waals surface area contributed by atoms with Crippen LogP contribution in [0.25, 0.3) is 0 Å². The number of piperidine rings is 1. The van der Waals surface area contributed by atoms with Crippen LogP contribution in [0, 0.1) is 0 Å². The van der Waals surface area contributed by atoms with Crippen molar-refractivity contribution in [2.75, 3.05) is 31.6 Å². The van der Waals surface area contributed by atoms with Crippen LogP contribution in [0.15, 0.2) is 30.3 Å². The van der Waals surface area contributed by atoms with E-state index in [1.165, 1.54) is 25.1 Å². The first-order chi connectivity index (χ1) is 8.88. The molecule has 1 aromatic carbocycles. The highest BCUT2D eigenvalue weighted by Gasteiger charge is 2.18. The average Bonchev–Trinajstić information content (AvgIpc) is 2.41. The Morgan fingerprint density at radius 2 is 2.06 bits per heavy atom. The number of likely N-dealkylation sites (tertiary alicyclic amines) is 1. The second-order valence-corrected chi connectivity index (χ2v) is 5.08. The summed E-state index contributed by atoms with van der Waals surface area (Å²) in [6.45, 7) is 3.77. The van der Waals surface area contributed by atoms with Crippen molar-refractivity contribution in [2.24, 2.45) is 0 Å². The Morgan fingerprint density at radius 1 is 1.22 bits per heavy atom. The Kier molecular flexibility index (Phi) is 5.49. The van der Waals surface area contributed by atoms with Gasteiger partial charge in [-0.15, -0.1) is 0 Å². The summed E-state index contributed by atoms with van der Waals surface area (Å²) in [6.07, 6.45) is 4.55. The van der Waals surface area contributed by atoms with E-state index in [4.69, 9.17) is 5.11 Å². The van der Waals surface area contributed by atoms with Crippen molar-refractivity contribution in [1.82, 2.24) is 4.90 Å². The summed E-state index contributed by atoms with van der Waals surface area (Å²) in [6, 6.07) is 11.0. The highest BCUT2D eigenvalue weighted by Crippen LogP contribution is 2.16. The molecule has 1 aliphatic rings. The fourth-order valence-corrected chi connectivity index (χ4v) is 2.59. The molecule has 0 bridgehead atoms. The molecule has 0 radical (unpaired) electrons. The third kappa shape index (κ3) is 4.31. The van der Waals surface area contributed by atoms with Gasteiger partial charge < -0.3 is 15.3 Å². The molecule has 1 unspecified atom stereocenters.